The van der Waals surface area contributed by atoms with Gasteiger partial charge in [-0.15, -0.1) is 0 Å². The Bertz CT molecular complexity index is 351. The van der Waals surface area contributed by atoms with Crippen LogP contribution in [0.4, 0.5) is 0 Å². The Labute approximate surface area is 80.7 Å². The maximum atomic E-state index is 11.0. The van der Waals surface area contributed by atoms with Crippen LogP contribution in [0.1, 0.15) is 11.6 Å². The summed E-state index contributed by atoms with van der Waals surface area (Å²) < 4.78 is 4.40. The highest BCUT2D eigenvalue weighted by atomic mass is 16.5. The van der Waals surface area contributed by atoms with E-state index in [1.165, 1.54) is 25.3 Å². The van der Waals surface area contributed by atoms with Gasteiger partial charge in [0, 0.05) is 5.56 Å². The van der Waals surface area contributed by atoms with Gasteiger partial charge in [-0.05, 0) is 6.07 Å². The van der Waals surface area contributed by atoms with Crippen molar-refractivity contribution in [2.75, 3.05) is 7.11 Å². The number of aromatic hydroxyl groups is 2. The third-order valence-electron chi connectivity index (χ3n) is 1.84. The Hall–Kier alpha value is -1.75. The number of carbonyl (C=O) groups is 1. The van der Waals surface area contributed by atoms with Crippen LogP contribution < -0.4 is 5.73 Å². The molecule has 4 N–H and O–H groups in total. The molecule has 0 amide bonds. The molecule has 0 aliphatic carbocycles. The monoisotopic (exact) mass is 197 g/mol. The molecule has 0 spiro atoms. The molecule has 0 aromatic heterocycles. The number of nitrogens with two attached hydrogens (primary N) is 1. The molecule has 14 heavy (non-hydrogen) atoms. The summed E-state index contributed by atoms with van der Waals surface area (Å²) in [5, 5.41) is 18.5. The van der Waals surface area contributed by atoms with Crippen molar-refractivity contribution in [3.05, 3.63) is 23.8 Å². The second-order valence-corrected chi connectivity index (χ2v) is 2.72. The van der Waals surface area contributed by atoms with Crippen LogP contribution >= 0.6 is 0 Å². The zero-order chi connectivity index (χ0) is 10.7. The van der Waals surface area contributed by atoms with Crippen molar-refractivity contribution in [2.45, 2.75) is 6.04 Å². The van der Waals surface area contributed by atoms with Crippen molar-refractivity contribution in [2.24, 2.45) is 5.73 Å². The summed E-state index contributed by atoms with van der Waals surface area (Å²) in [6, 6.07) is 3.12. The maximum Gasteiger partial charge on any atom is 0.327 e. The first-order valence-corrected chi connectivity index (χ1v) is 3.92. The van der Waals surface area contributed by atoms with Crippen molar-refractivity contribution in [1.29, 1.82) is 0 Å². The molecule has 5 heteroatoms. The summed E-state index contributed by atoms with van der Waals surface area (Å²) in [4.78, 5) is 11.0. The Balaban J connectivity index is 3.07. The van der Waals surface area contributed by atoms with E-state index in [1.54, 1.807) is 0 Å². The average molecular weight is 197 g/mol. The van der Waals surface area contributed by atoms with E-state index in [0.29, 0.717) is 0 Å². The quantitative estimate of drug-likeness (QED) is 0.467. The van der Waals surface area contributed by atoms with E-state index in [4.69, 9.17) is 10.8 Å². The van der Waals surface area contributed by atoms with Crippen LogP contribution in [-0.2, 0) is 9.53 Å². The van der Waals surface area contributed by atoms with E-state index >= 15 is 0 Å². The number of methoxy groups -OCH3 is 1. The average Bonchev–Trinajstić information content (AvgIpc) is 2.20. The number of esters is 1. The highest BCUT2D eigenvalue weighted by molar-refractivity contribution is 5.78. The fourth-order valence-corrected chi connectivity index (χ4v) is 1.05. The molecule has 1 rings (SSSR count). The topological polar surface area (TPSA) is 92.8 Å². The molecule has 76 valence electrons. The molecule has 0 aliphatic rings. The minimum absolute atomic E-state index is 0.136. The highest BCUT2D eigenvalue weighted by Gasteiger charge is 2.20. The number of rotatable bonds is 2. The van der Waals surface area contributed by atoms with E-state index in [0.717, 1.165) is 0 Å². The second kappa shape index (κ2) is 3.97. The fraction of sp³-hybridized carbons (Fsp3) is 0.222. The second-order valence-electron chi connectivity index (χ2n) is 2.72. The fourth-order valence-electron chi connectivity index (χ4n) is 1.05. The largest absolute Gasteiger partial charge is 0.504 e. The molecule has 1 aromatic rings. The summed E-state index contributed by atoms with van der Waals surface area (Å²) in [6.07, 6.45) is 0. The SMILES string of the molecule is COC(=O)C(N)c1cccc(O)c1O. The zero-order valence-electron chi connectivity index (χ0n) is 7.60. The zero-order valence-corrected chi connectivity index (χ0v) is 7.60. The molecule has 0 fully saturated rings. The van der Waals surface area contributed by atoms with E-state index in [-0.39, 0.29) is 11.3 Å². The number of carbonyl (C=O) groups excluding carboxylic acids is 1. The predicted molar refractivity (Wildman–Crippen MR) is 48.7 cm³/mol. The van der Waals surface area contributed by atoms with Crippen LogP contribution in [0, 0.1) is 0 Å². The van der Waals surface area contributed by atoms with Crippen molar-refractivity contribution in [3.8, 4) is 11.5 Å². The van der Waals surface area contributed by atoms with Crippen molar-refractivity contribution < 1.29 is 19.7 Å². The van der Waals surface area contributed by atoms with Crippen LogP contribution in [0.3, 0.4) is 0 Å². The molecule has 1 atom stereocenters. The summed E-state index contributed by atoms with van der Waals surface area (Å²) in [7, 11) is 1.20. The van der Waals surface area contributed by atoms with Gasteiger partial charge in [0.25, 0.3) is 0 Å². The van der Waals surface area contributed by atoms with E-state index < -0.39 is 17.8 Å². The van der Waals surface area contributed by atoms with Crippen molar-refractivity contribution in [3.63, 3.8) is 0 Å². The standard InChI is InChI=1S/C9H11NO4/c1-14-9(13)7(10)5-3-2-4-6(11)8(5)12/h2-4,7,11-12H,10H2,1H3. The molecule has 5 nitrogen and oxygen atoms in total. The number of phenolic OH excluding ortho intramolecular Hbond substituents is 2. The third-order valence-corrected chi connectivity index (χ3v) is 1.84. The molecule has 1 aromatic carbocycles. The lowest BCUT2D eigenvalue weighted by molar-refractivity contribution is -0.142. The highest BCUT2D eigenvalue weighted by Crippen LogP contribution is 2.31. The Morgan fingerprint density at radius 1 is 1.50 bits per heavy atom. The summed E-state index contributed by atoms with van der Waals surface area (Å²) in [5.74, 6) is -1.39. The van der Waals surface area contributed by atoms with Crippen LogP contribution in [0.15, 0.2) is 18.2 Å². The normalized spacial score (nSPS) is 12.1. The van der Waals surface area contributed by atoms with Crippen LogP contribution in [0.5, 0.6) is 11.5 Å². The number of benzene rings is 1. The third kappa shape index (κ3) is 1.77. The van der Waals surface area contributed by atoms with Crippen LogP contribution in [-0.4, -0.2) is 23.3 Å². The van der Waals surface area contributed by atoms with Gasteiger partial charge in [-0.25, -0.2) is 0 Å². The van der Waals surface area contributed by atoms with Crippen molar-refractivity contribution >= 4 is 5.97 Å². The Morgan fingerprint density at radius 2 is 2.14 bits per heavy atom. The number of hydrogen-bond acceptors (Lipinski definition) is 5. The summed E-state index contributed by atoms with van der Waals surface area (Å²) >= 11 is 0. The van der Waals surface area contributed by atoms with Gasteiger partial charge in [0.05, 0.1) is 7.11 Å². The molecular formula is C9H11NO4. The smallest absolute Gasteiger partial charge is 0.327 e. The van der Waals surface area contributed by atoms with Gasteiger partial charge in [0.2, 0.25) is 0 Å². The minimum atomic E-state index is -1.09. The first kappa shape index (κ1) is 10.3. The number of para-hydroxylation sites is 1. The first-order chi connectivity index (χ1) is 6.57. The summed E-state index contributed by atoms with van der Waals surface area (Å²) in [5.41, 5.74) is 5.61. The predicted octanol–water partition coefficient (Wildman–Crippen LogP) is 0.271. The van der Waals surface area contributed by atoms with Crippen LogP contribution in [0.25, 0.3) is 0 Å². The van der Waals surface area contributed by atoms with Gasteiger partial charge < -0.3 is 20.7 Å². The molecule has 0 heterocycles. The molecular weight excluding hydrogens is 186 g/mol. The first-order valence-electron chi connectivity index (χ1n) is 3.92. The molecule has 0 saturated heterocycles. The van der Waals surface area contributed by atoms with E-state index in [9.17, 15) is 9.90 Å². The number of phenols is 2. The molecule has 0 bridgehead atoms. The van der Waals surface area contributed by atoms with Crippen LogP contribution in [0.2, 0.25) is 0 Å². The molecule has 1 unspecified atom stereocenters. The van der Waals surface area contributed by atoms with Gasteiger partial charge in [0.1, 0.15) is 6.04 Å². The van der Waals surface area contributed by atoms with Gasteiger partial charge >= 0.3 is 5.97 Å². The Kier molecular flexibility index (Phi) is 2.93. The lowest BCUT2D eigenvalue weighted by atomic mass is 10.1. The molecule has 0 radical (unpaired) electrons. The van der Waals surface area contributed by atoms with Gasteiger partial charge in [-0.3, -0.25) is 4.79 Å². The summed E-state index contributed by atoms with van der Waals surface area (Å²) in [6.45, 7) is 0. The molecule has 0 aliphatic heterocycles. The number of hydrogen-bond donors (Lipinski definition) is 3. The van der Waals surface area contributed by atoms with Gasteiger partial charge in [-0.2, -0.15) is 0 Å². The van der Waals surface area contributed by atoms with Crippen molar-refractivity contribution in [1.82, 2.24) is 0 Å². The van der Waals surface area contributed by atoms with Gasteiger partial charge in [-0.1, -0.05) is 12.1 Å². The van der Waals surface area contributed by atoms with Gasteiger partial charge in [0.15, 0.2) is 11.5 Å². The lowest BCUT2D eigenvalue weighted by Crippen LogP contribution is -2.22. The molecule has 0 saturated carbocycles. The van der Waals surface area contributed by atoms with E-state index in [1.807, 2.05) is 0 Å². The van der Waals surface area contributed by atoms with E-state index in [2.05, 4.69) is 4.74 Å². The number of ether oxygens (including phenoxy) is 1. The maximum absolute atomic E-state index is 11.0. The lowest BCUT2D eigenvalue weighted by Gasteiger charge is -2.11. The minimum Gasteiger partial charge on any atom is -0.504 e. The Morgan fingerprint density at radius 3 is 2.71 bits per heavy atom.